The summed E-state index contributed by atoms with van der Waals surface area (Å²) in [6.07, 6.45) is -13.7. The van der Waals surface area contributed by atoms with Crippen molar-refractivity contribution in [1.29, 1.82) is 0 Å². The van der Waals surface area contributed by atoms with Crippen molar-refractivity contribution in [2.75, 3.05) is 7.05 Å². The lowest BCUT2D eigenvalue weighted by atomic mass is 9.84. The fraction of sp³-hybridized carbons (Fsp3) is 0.875. The Bertz CT molecular complexity index is 308. The van der Waals surface area contributed by atoms with Crippen molar-refractivity contribution < 1.29 is 41.0 Å². The van der Waals surface area contributed by atoms with Crippen LogP contribution >= 0.6 is 0 Å². The Labute approximate surface area is 97.9 Å². The Morgan fingerprint density at radius 2 is 1.39 bits per heavy atom. The Morgan fingerprint density at radius 1 is 1.06 bits per heavy atom. The SMILES string of the molecule is CNC(=O)OC(C)(C)C(O)(C(F)(F)F)C(F)(F)F. The highest BCUT2D eigenvalue weighted by atomic mass is 19.4. The van der Waals surface area contributed by atoms with Gasteiger partial charge in [-0.2, -0.15) is 26.3 Å². The van der Waals surface area contributed by atoms with Gasteiger partial charge in [0.25, 0.3) is 5.60 Å². The fourth-order valence-corrected chi connectivity index (χ4v) is 1.20. The minimum Gasteiger partial charge on any atom is -0.440 e. The molecule has 1 amide bonds. The van der Waals surface area contributed by atoms with Crippen molar-refractivity contribution in [3.63, 3.8) is 0 Å². The molecule has 0 rings (SSSR count). The lowest BCUT2D eigenvalue weighted by Crippen LogP contribution is -2.70. The number of carbonyl (C=O) groups excluding carboxylic acids is 1. The zero-order chi connectivity index (χ0) is 15.0. The summed E-state index contributed by atoms with van der Waals surface area (Å²) in [5, 5.41) is 10.7. The normalized spacial score (nSPS) is 14.3. The number of halogens is 6. The standard InChI is InChI=1S/C8H11F6NO3/c1-5(2,18-4(16)15-3)6(17,7(9,10)11)8(12,13)14/h17H,1-3H3,(H,15,16). The van der Waals surface area contributed by atoms with Gasteiger partial charge in [0, 0.05) is 7.05 Å². The smallest absolute Gasteiger partial charge is 0.430 e. The molecule has 0 saturated carbocycles. The molecule has 0 fully saturated rings. The molecule has 0 bridgehead atoms. The van der Waals surface area contributed by atoms with Gasteiger partial charge in [-0.1, -0.05) is 0 Å². The molecule has 0 aromatic carbocycles. The van der Waals surface area contributed by atoms with E-state index in [-0.39, 0.29) is 0 Å². The Kier molecular flexibility index (Phi) is 4.19. The fourth-order valence-electron chi connectivity index (χ4n) is 1.20. The van der Waals surface area contributed by atoms with Crippen LogP contribution in [0.2, 0.25) is 0 Å². The third-order valence-corrected chi connectivity index (χ3v) is 2.24. The Hall–Kier alpha value is -1.19. The third-order valence-electron chi connectivity index (χ3n) is 2.24. The first-order valence-electron chi connectivity index (χ1n) is 4.47. The van der Waals surface area contributed by atoms with Crippen LogP contribution in [-0.2, 0) is 4.74 Å². The molecular formula is C8H11F6NO3. The molecule has 0 saturated heterocycles. The number of amides is 1. The van der Waals surface area contributed by atoms with Crippen molar-refractivity contribution in [2.24, 2.45) is 0 Å². The van der Waals surface area contributed by atoms with Crippen molar-refractivity contribution in [2.45, 2.75) is 37.4 Å². The van der Waals surface area contributed by atoms with Crippen molar-refractivity contribution in [3.8, 4) is 0 Å². The number of ether oxygens (including phenoxy) is 1. The van der Waals surface area contributed by atoms with Crippen LogP contribution in [0.4, 0.5) is 31.1 Å². The molecule has 18 heavy (non-hydrogen) atoms. The minimum absolute atomic E-state index is 0.309. The topological polar surface area (TPSA) is 58.6 Å². The molecule has 2 N–H and O–H groups in total. The number of aliphatic hydroxyl groups is 1. The number of hydrogen-bond donors (Lipinski definition) is 2. The first-order chi connectivity index (χ1) is 7.70. The molecular weight excluding hydrogens is 272 g/mol. The third kappa shape index (κ3) is 2.62. The van der Waals surface area contributed by atoms with E-state index in [9.17, 15) is 31.1 Å². The number of rotatable bonds is 2. The molecule has 10 heteroatoms. The predicted molar refractivity (Wildman–Crippen MR) is 46.7 cm³/mol. The van der Waals surface area contributed by atoms with Crippen LogP contribution in [0.25, 0.3) is 0 Å². The summed E-state index contributed by atoms with van der Waals surface area (Å²) in [6.45, 7) is 0.618. The molecule has 0 aliphatic carbocycles. The van der Waals surface area contributed by atoms with Gasteiger partial charge >= 0.3 is 18.4 Å². The van der Waals surface area contributed by atoms with Gasteiger partial charge in [0.2, 0.25) is 0 Å². The summed E-state index contributed by atoms with van der Waals surface area (Å²) in [5.41, 5.74) is -8.44. The number of carbonyl (C=O) groups is 1. The second kappa shape index (κ2) is 4.48. The van der Waals surface area contributed by atoms with E-state index in [1.54, 1.807) is 5.32 Å². The van der Waals surface area contributed by atoms with Crippen LogP contribution < -0.4 is 5.32 Å². The molecule has 0 aromatic heterocycles. The minimum atomic E-state index is -6.07. The molecule has 0 aliphatic rings. The summed E-state index contributed by atoms with van der Waals surface area (Å²) >= 11 is 0. The highest BCUT2D eigenvalue weighted by Crippen LogP contribution is 2.50. The van der Waals surface area contributed by atoms with Gasteiger partial charge in [-0.25, -0.2) is 4.79 Å². The Morgan fingerprint density at radius 3 is 1.61 bits per heavy atom. The van der Waals surface area contributed by atoms with Crippen molar-refractivity contribution in [3.05, 3.63) is 0 Å². The molecule has 0 radical (unpaired) electrons. The average molecular weight is 283 g/mol. The van der Waals surface area contributed by atoms with Crippen LogP contribution in [0.1, 0.15) is 13.8 Å². The lowest BCUT2D eigenvalue weighted by Gasteiger charge is -2.42. The van der Waals surface area contributed by atoms with E-state index >= 15 is 0 Å². The maximum Gasteiger partial charge on any atom is 0.430 e. The molecule has 108 valence electrons. The molecule has 0 spiro atoms. The number of alkyl carbamates (subject to hydrolysis) is 1. The maximum atomic E-state index is 12.5. The van der Waals surface area contributed by atoms with E-state index in [4.69, 9.17) is 5.11 Å². The zero-order valence-corrected chi connectivity index (χ0v) is 9.53. The van der Waals surface area contributed by atoms with Gasteiger partial charge < -0.3 is 15.2 Å². The van der Waals surface area contributed by atoms with Crippen LogP contribution in [0.5, 0.6) is 0 Å². The van der Waals surface area contributed by atoms with Crippen molar-refractivity contribution in [1.82, 2.24) is 5.32 Å². The number of alkyl halides is 6. The lowest BCUT2D eigenvalue weighted by molar-refractivity contribution is -0.406. The summed E-state index contributed by atoms with van der Waals surface area (Å²) < 4.78 is 78.8. The van der Waals surface area contributed by atoms with E-state index in [0.29, 0.717) is 13.8 Å². The van der Waals surface area contributed by atoms with Gasteiger partial charge in [0.15, 0.2) is 5.60 Å². The van der Waals surface area contributed by atoms with Crippen LogP contribution in [-0.4, -0.2) is 41.8 Å². The molecule has 0 aliphatic heterocycles. The molecule has 0 aromatic rings. The number of hydrogen-bond acceptors (Lipinski definition) is 3. The maximum absolute atomic E-state index is 12.5. The second-order valence-electron chi connectivity index (χ2n) is 3.86. The van der Waals surface area contributed by atoms with Crippen LogP contribution in [0.3, 0.4) is 0 Å². The van der Waals surface area contributed by atoms with E-state index < -0.39 is 29.6 Å². The number of nitrogens with one attached hydrogen (secondary N) is 1. The van der Waals surface area contributed by atoms with E-state index in [1.165, 1.54) is 0 Å². The molecule has 0 atom stereocenters. The first kappa shape index (κ1) is 16.8. The van der Waals surface area contributed by atoms with Gasteiger partial charge in [-0.05, 0) is 13.8 Å². The van der Waals surface area contributed by atoms with Crippen LogP contribution in [0.15, 0.2) is 0 Å². The largest absolute Gasteiger partial charge is 0.440 e. The summed E-state index contributed by atoms with van der Waals surface area (Å²) in [6, 6.07) is 0. The van der Waals surface area contributed by atoms with Gasteiger partial charge in [-0.15, -0.1) is 0 Å². The second-order valence-corrected chi connectivity index (χ2v) is 3.86. The first-order valence-corrected chi connectivity index (χ1v) is 4.47. The van der Waals surface area contributed by atoms with Gasteiger partial charge in [-0.3, -0.25) is 0 Å². The Balaban J connectivity index is 5.69. The monoisotopic (exact) mass is 283 g/mol. The molecule has 4 nitrogen and oxygen atoms in total. The average Bonchev–Trinajstić information content (AvgIpc) is 2.11. The predicted octanol–water partition coefficient (Wildman–Crippen LogP) is 1.98. The highest BCUT2D eigenvalue weighted by molar-refractivity contribution is 5.67. The summed E-state index contributed by atoms with van der Waals surface area (Å²) in [7, 11) is 0.943. The molecule has 0 unspecified atom stereocenters. The summed E-state index contributed by atoms with van der Waals surface area (Å²) in [5.74, 6) is 0. The quantitative estimate of drug-likeness (QED) is 0.762. The molecule has 0 heterocycles. The van der Waals surface area contributed by atoms with E-state index in [1.807, 2.05) is 0 Å². The van der Waals surface area contributed by atoms with E-state index in [0.717, 1.165) is 7.05 Å². The van der Waals surface area contributed by atoms with Crippen molar-refractivity contribution >= 4 is 6.09 Å². The zero-order valence-electron chi connectivity index (χ0n) is 9.53. The van der Waals surface area contributed by atoms with E-state index in [2.05, 4.69) is 4.74 Å². The van der Waals surface area contributed by atoms with Gasteiger partial charge in [0.1, 0.15) is 0 Å². The highest BCUT2D eigenvalue weighted by Gasteiger charge is 2.78. The van der Waals surface area contributed by atoms with Crippen LogP contribution in [0, 0.1) is 0 Å². The summed E-state index contributed by atoms with van der Waals surface area (Å²) in [4.78, 5) is 10.7. The van der Waals surface area contributed by atoms with Gasteiger partial charge in [0.05, 0.1) is 0 Å².